The van der Waals surface area contributed by atoms with E-state index in [2.05, 4.69) is 4.18 Å². The average Bonchev–Trinajstić information content (AvgIpc) is 2.27. The molecular formula is C12H17NO4S. The lowest BCUT2D eigenvalue weighted by atomic mass is 10.2. The molecule has 0 heterocycles. The summed E-state index contributed by atoms with van der Waals surface area (Å²) in [6.45, 7) is 3.42. The second-order valence-electron chi connectivity index (χ2n) is 4.31. The van der Waals surface area contributed by atoms with E-state index in [-0.39, 0.29) is 4.90 Å². The van der Waals surface area contributed by atoms with Gasteiger partial charge in [0.1, 0.15) is 10.9 Å². The van der Waals surface area contributed by atoms with E-state index in [1.54, 1.807) is 38.1 Å². The molecule has 1 rings (SSSR count). The molecule has 1 aromatic carbocycles. The third-order valence-electron chi connectivity index (χ3n) is 2.62. The Hall–Kier alpha value is -1.40. The highest BCUT2D eigenvalue weighted by atomic mass is 32.2. The fourth-order valence-corrected chi connectivity index (χ4v) is 2.06. The predicted molar refractivity (Wildman–Crippen MR) is 67.6 cm³/mol. The molecule has 1 aromatic rings. The first-order valence-electron chi connectivity index (χ1n) is 5.45. The van der Waals surface area contributed by atoms with Crippen molar-refractivity contribution in [1.82, 2.24) is 4.90 Å². The van der Waals surface area contributed by atoms with Gasteiger partial charge in [0.15, 0.2) is 0 Å². The van der Waals surface area contributed by atoms with Crippen LogP contribution in [0.25, 0.3) is 0 Å². The van der Waals surface area contributed by atoms with E-state index in [4.69, 9.17) is 0 Å². The molecular weight excluding hydrogens is 254 g/mol. The number of benzene rings is 1. The molecule has 0 saturated heterocycles. The molecule has 0 spiro atoms. The molecule has 0 fully saturated rings. The minimum atomic E-state index is -4.03. The van der Waals surface area contributed by atoms with Gasteiger partial charge in [-0.25, -0.2) is 4.79 Å². The van der Waals surface area contributed by atoms with Crippen molar-refractivity contribution in [3.8, 4) is 0 Å². The molecule has 0 radical (unpaired) electrons. The van der Waals surface area contributed by atoms with Crippen LogP contribution in [0.5, 0.6) is 0 Å². The van der Waals surface area contributed by atoms with Crippen molar-refractivity contribution < 1.29 is 17.4 Å². The first kappa shape index (κ1) is 14.7. The molecule has 18 heavy (non-hydrogen) atoms. The van der Waals surface area contributed by atoms with Gasteiger partial charge in [0.25, 0.3) is 0 Å². The van der Waals surface area contributed by atoms with E-state index in [1.165, 1.54) is 12.1 Å². The van der Waals surface area contributed by atoms with Crippen LogP contribution in [0.2, 0.25) is 0 Å². The maximum absolute atomic E-state index is 11.8. The van der Waals surface area contributed by atoms with Crippen LogP contribution in [0.3, 0.4) is 0 Å². The van der Waals surface area contributed by atoms with Crippen LogP contribution in [-0.4, -0.2) is 39.4 Å². The summed E-state index contributed by atoms with van der Waals surface area (Å²) < 4.78 is 28.2. The Labute approximate surface area is 107 Å². The number of nitrogens with zero attached hydrogens (tertiary/aromatic N) is 1. The van der Waals surface area contributed by atoms with Gasteiger partial charge < -0.3 is 4.18 Å². The Morgan fingerprint density at radius 3 is 2.17 bits per heavy atom. The Morgan fingerprint density at radius 1 is 1.22 bits per heavy atom. The normalized spacial score (nSPS) is 13.4. The van der Waals surface area contributed by atoms with Crippen molar-refractivity contribution in [2.75, 3.05) is 14.1 Å². The van der Waals surface area contributed by atoms with Crippen molar-refractivity contribution in [1.29, 1.82) is 0 Å². The van der Waals surface area contributed by atoms with E-state index in [0.717, 1.165) is 5.56 Å². The summed E-state index contributed by atoms with van der Waals surface area (Å²) in [5.74, 6) is -0.791. The Kier molecular flexibility index (Phi) is 4.48. The van der Waals surface area contributed by atoms with Gasteiger partial charge in [-0.2, -0.15) is 8.42 Å². The van der Waals surface area contributed by atoms with E-state index in [0.29, 0.717) is 0 Å². The molecule has 0 saturated carbocycles. The van der Waals surface area contributed by atoms with E-state index < -0.39 is 22.1 Å². The fraction of sp³-hybridized carbons (Fsp3) is 0.417. The molecule has 100 valence electrons. The van der Waals surface area contributed by atoms with Crippen LogP contribution >= 0.6 is 0 Å². The summed E-state index contributed by atoms with van der Waals surface area (Å²) in [4.78, 5) is 13.2. The lowest BCUT2D eigenvalue weighted by Crippen LogP contribution is -2.35. The van der Waals surface area contributed by atoms with E-state index in [1.807, 2.05) is 6.92 Å². The molecule has 1 atom stereocenters. The zero-order chi connectivity index (χ0) is 13.9. The van der Waals surface area contributed by atoms with Gasteiger partial charge in [-0.3, -0.25) is 4.90 Å². The first-order chi connectivity index (χ1) is 8.24. The highest BCUT2D eigenvalue weighted by molar-refractivity contribution is 7.87. The summed E-state index contributed by atoms with van der Waals surface area (Å²) in [5, 5.41) is 0. The highest BCUT2D eigenvalue weighted by Crippen LogP contribution is 2.14. The summed E-state index contributed by atoms with van der Waals surface area (Å²) in [6, 6.07) is 5.51. The third-order valence-corrected chi connectivity index (χ3v) is 3.85. The zero-order valence-corrected chi connectivity index (χ0v) is 11.7. The molecule has 1 unspecified atom stereocenters. The summed E-state index contributed by atoms with van der Waals surface area (Å²) in [5.41, 5.74) is 0.932. The van der Waals surface area contributed by atoms with Crippen LogP contribution in [-0.2, 0) is 19.1 Å². The third kappa shape index (κ3) is 3.54. The molecule has 0 amide bonds. The predicted octanol–water partition coefficient (Wildman–Crippen LogP) is 1.18. The summed E-state index contributed by atoms with van der Waals surface area (Å²) in [7, 11) is -0.689. The first-order valence-corrected chi connectivity index (χ1v) is 6.86. The van der Waals surface area contributed by atoms with Crippen molar-refractivity contribution in [2.45, 2.75) is 24.8 Å². The summed E-state index contributed by atoms with van der Waals surface area (Å²) in [6.07, 6.45) is 0. The molecule has 0 N–H and O–H groups in total. The Morgan fingerprint density at radius 2 is 1.72 bits per heavy atom. The number of hydrogen-bond donors (Lipinski definition) is 0. The molecule has 5 nitrogen and oxygen atoms in total. The largest absolute Gasteiger partial charge is 0.341 e. The molecule has 0 aliphatic rings. The monoisotopic (exact) mass is 271 g/mol. The quantitative estimate of drug-likeness (QED) is 0.769. The SMILES string of the molecule is Cc1ccc(S(=O)(=O)OC(=O)C(C)N(C)C)cc1. The van der Waals surface area contributed by atoms with Crippen LogP contribution < -0.4 is 0 Å². The molecule has 0 aliphatic carbocycles. The number of aryl methyl sites for hydroxylation is 1. The van der Waals surface area contributed by atoms with Crippen molar-refractivity contribution in [2.24, 2.45) is 0 Å². The van der Waals surface area contributed by atoms with E-state index >= 15 is 0 Å². The molecule has 0 bridgehead atoms. The standard InChI is InChI=1S/C12H17NO4S/c1-9-5-7-11(8-6-9)18(15,16)17-12(14)10(2)13(3)4/h5-8,10H,1-4H3. The Balaban J connectivity index is 2.89. The van der Waals surface area contributed by atoms with Crippen molar-refractivity contribution in [3.05, 3.63) is 29.8 Å². The van der Waals surface area contributed by atoms with E-state index in [9.17, 15) is 13.2 Å². The highest BCUT2D eigenvalue weighted by Gasteiger charge is 2.25. The van der Waals surface area contributed by atoms with Crippen molar-refractivity contribution >= 4 is 16.1 Å². The number of hydrogen-bond acceptors (Lipinski definition) is 5. The minimum absolute atomic E-state index is 0.0209. The lowest BCUT2D eigenvalue weighted by Gasteiger charge is -2.17. The lowest BCUT2D eigenvalue weighted by molar-refractivity contribution is -0.138. The van der Waals surface area contributed by atoms with Gasteiger partial charge in [-0.15, -0.1) is 0 Å². The smallest absolute Gasteiger partial charge is 0.341 e. The minimum Gasteiger partial charge on any atom is -0.341 e. The maximum Gasteiger partial charge on any atom is 0.341 e. The van der Waals surface area contributed by atoms with Gasteiger partial charge in [-0.1, -0.05) is 17.7 Å². The number of carbonyl (C=O) groups excluding carboxylic acids is 1. The van der Waals surface area contributed by atoms with Gasteiger partial charge in [0, 0.05) is 0 Å². The second kappa shape index (κ2) is 5.49. The second-order valence-corrected chi connectivity index (χ2v) is 5.86. The van der Waals surface area contributed by atoms with Crippen LogP contribution in [0.4, 0.5) is 0 Å². The zero-order valence-electron chi connectivity index (χ0n) is 10.9. The van der Waals surface area contributed by atoms with Gasteiger partial charge >= 0.3 is 16.1 Å². The number of rotatable bonds is 4. The van der Waals surface area contributed by atoms with Crippen molar-refractivity contribution in [3.63, 3.8) is 0 Å². The Bertz CT molecular complexity index is 520. The van der Waals surface area contributed by atoms with Crippen LogP contribution in [0.1, 0.15) is 12.5 Å². The maximum atomic E-state index is 11.8. The van der Waals surface area contributed by atoms with Gasteiger partial charge in [0.2, 0.25) is 0 Å². The van der Waals surface area contributed by atoms with Crippen LogP contribution in [0, 0.1) is 6.92 Å². The topological polar surface area (TPSA) is 63.7 Å². The average molecular weight is 271 g/mol. The van der Waals surface area contributed by atoms with Crippen LogP contribution in [0.15, 0.2) is 29.2 Å². The number of likely N-dealkylation sites (N-methyl/N-ethyl adjacent to an activating group) is 1. The molecule has 0 aliphatic heterocycles. The van der Waals surface area contributed by atoms with Gasteiger partial charge in [0.05, 0.1) is 0 Å². The fourth-order valence-electron chi connectivity index (χ4n) is 1.14. The number of carbonyl (C=O) groups is 1. The molecule has 0 aromatic heterocycles. The molecule has 6 heteroatoms. The summed E-state index contributed by atoms with van der Waals surface area (Å²) >= 11 is 0. The van der Waals surface area contributed by atoms with Gasteiger partial charge in [-0.05, 0) is 40.1 Å².